The average Bonchev–Trinajstić information content (AvgIpc) is 2.02. The van der Waals surface area contributed by atoms with Gasteiger partial charge in [-0.15, -0.1) is 0 Å². The summed E-state index contributed by atoms with van der Waals surface area (Å²) in [7, 11) is -1.88. The van der Waals surface area contributed by atoms with Crippen molar-refractivity contribution in [1.82, 2.24) is 0 Å². The van der Waals surface area contributed by atoms with Gasteiger partial charge in [0, 0.05) is 0 Å². The lowest BCUT2D eigenvalue weighted by atomic mass is 10.2. The molecule has 0 saturated carbocycles. The quantitative estimate of drug-likeness (QED) is 0.403. The summed E-state index contributed by atoms with van der Waals surface area (Å²) in [5, 5.41) is 14.8. The van der Waals surface area contributed by atoms with E-state index in [9.17, 15) is 9.59 Å². The molecule has 0 amide bonds. The SMILES string of the molecule is O=C(O)C(Cl)C(=O)OB(O)OBr. The lowest BCUT2D eigenvalue weighted by Gasteiger charge is -2.05. The van der Waals surface area contributed by atoms with Gasteiger partial charge in [0.15, 0.2) is 0 Å². The molecule has 0 aliphatic heterocycles. The molecule has 0 aliphatic carbocycles. The van der Waals surface area contributed by atoms with Crippen LogP contribution in [0.2, 0.25) is 0 Å². The molecule has 0 radical (unpaired) electrons. The first kappa shape index (κ1) is 11.7. The molecule has 6 nitrogen and oxygen atoms in total. The molecule has 9 heteroatoms. The van der Waals surface area contributed by atoms with Gasteiger partial charge in [-0.1, -0.05) is 11.6 Å². The van der Waals surface area contributed by atoms with E-state index in [1.165, 1.54) is 0 Å². The molecule has 1 atom stereocenters. The van der Waals surface area contributed by atoms with Crippen LogP contribution >= 0.6 is 27.9 Å². The molecule has 0 aliphatic rings. The van der Waals surface area contributed by atoms with E-state index in [2.05, 4.69) is 24.7 Å². The molecule has 0 aromatic carbocycles. The van der Waals surface area contributed by atoms with Crippen LogP contribution in [0.3, 0.4) is 0 Å². The first-order chi connectivity index (χ1) is 5.49. The number of alkyl halides is 1. The molecule has 12 heavy (non-hydrogen) atoms. The Labute approximate surface area is 81.0 Å². The minimum atomic E-state index is -1.88. The van der Waals surface area contributed by atoms with E-state index in [0.29, 0.717) is 0 Å². The summed E-state index contributed by atoms with van der Waals surface area (Å²) in [4.78, 5) is 20.6. The van der Waals surface area contributed by atoms with Gasteiger partial charge in [-0.3, -0.25) is 8.54 Å². The van der Waals surface area contributed by atoms with Crippen molar-refractivity contribution in [2.75, 3.05) is 0 Å². The summed E-state index contributed by atoms with van der Waals surface area (Å²) in [6.45, 7) is 0. The number of carbonyl (C=O) groups excluding carboxylic acids is 1. The monoisotopic (exact) mass is 260 g/mol. The Bertz CT molecular complexity index is 188. The lowest BCUT2D eigenvalue weighted by molar-refractivity contribution is -0.146. The van der Waals surface area contributed by atoms with Gasteiger partial charge in [0.1, 0.15) is 0 Å². The minimum absolute atomic E-state index is 1.31. The highest BCUT2D eigenvalue weighted by Crippen LogP contribution is 2.01. The molecule has 0 aromatic rings. The molecular formula is C3H3BBrClO6. The van der Waals surface area contributed by atoms with Crippen molar-refractivity contribution in [3.8, 4) is 0 Å². The maximum atomic E-state index is 10.6. The smallest absolute Gasteiger partial charge is 0.483 e. The van der Waals surface area contributed by atoms with E-state index in [1.54, 1.807) is 0 Å². The molecule has 2 N–H and O–H groups in total. The van der Waals surface area contributed by atoms with Crippen LogP contribution in [0.15, 0.2) is 0 Å². The molecule has 0 bridgehead atoms. The molecule has 0 fully saturated rings. The van der Waals surface area contributed by atoms with Gasteiger partial charge < -0.3 is 14.8 Å². The highest BCUT2D eigenvalue weighted by Gasteiger charge is 2.30. The number of hydrogen-bond acceptors (Lipinski definition) is 5. The zero-order valence-electron chi connectivity index (χ0n) is 5.44. The number of carboxylic acids is 1. The third-order valence-corrected chi connectivity index (χ3v) is 1.40. The van der Waals surface area contributed by atoms with Crippen LogP contribution in [-0.4, -0.2) is 34.8 Å². The van der Waals surface area contributed by atoms with E-state index in [0.717, 1.165) is 0 Å². The van der Waals surface area contributed by atoms with E-state index in [-0.39, 0.29) is 0 Å². The first-order valence-corrected chi connectivity index (χ1v) is 3.60. The van der Waals surface area contributed by atoms with Crippen molar-refractivity contribution >= 4 is 47.1 Å². The van der Waals surface area contributed by atoms with Gasteiger partial charge in [-0.05, 0) is 0 Å². The van der Waals surface area contributed by atoms with E-state index in [4.69, 9.17) is 21.7 Å². The number of hydrogen-bond donors (Lipinski definition) is 2. The van der Waals surface area contributed by atoms with Gasteiger partial charge in [0.05, 0.1) is 16.3 Å². The zero-order valence-corrected chi connectivity index (χ0v) is 7.78. The predicted octanol–water partition coefficient (Wildman–Crippen LogP) is -0.475. The van der Waals surface area contributed by atoms with Crippen LogP contribution < -0.4 is 0 Å². The Balaban J connectivity index is 3.95. The van der Waals surface area contributed by atoms with Gasteiger partial charge in [0.25, 0.3) is 0 Å². The van der Waals surface area contributed by atoms with Gasteiger partial charge in [-0.2, -0.15) is 0 Å². The Morgan fingerprint density at radius 3 is 2.42 bits per heavy atom. The van der Waals surface area contributed by atoms with Crippen LogP contribution in [-0.2, 0) is 18.0 Å². The van der Waals surface area contributed by atoms with Crippen molar-refractivity contribution in [2.24, 2.45) is 0 Å². The molecule has 0 saturated heterocycles. The minimum Gasteiger partial charge on any atom is -0.483 e. The third kappa shape index (κ3) is 3.91. The normalized spacial score (nSPS) is 11.9. The molecular weight excluding hydrogens is 258 g/mol. The Hall–Kier alpha value is -0.305. The summed E-state index contributed by atoms with van der Waals surface area (Å²) < 4.78 is 7.88. The predicted molar refractivity (Wildman–Crippen MR) is 41.4 cm³/mol. The topological polar surface area (TPSA) is 93.1 Å². The van der Waals surface area contributed by atoms with Crippen molar-refractivity contribution < 1.29 is 28.1 Å². The highest BCUT2D eigenvalue weighted by molar-refractivity contribution is 9.06. The van der Waals surface area contributed by atoms with E-state index in [1.807, 2.05) is 0 Å². The fraction of sp³-hybridized carbons (Fsp3) is 0.333. The summed E-state index contributed by atoms with van der Waals surface area (Å²) in [5.41, 5.74) is 0. The van der Waals surface area contributed by atoms with E-state index < -0.39 is 24.6 Å². The second kappa shape index (κ2) is 5.36. The van der Waals surface area contributed by atoms with Crippen molar-refractivity contribution in [1.29, 1.82) is 0 Å². The van der Waals surface area contributed by atoms with Gasteiger partial charge >= 0.3 is 19.3 Å². The Morgan fingerprint density at radius 2 is 2.08 bits per heavy atom. The fourth-order valence-electron chi connectivity index (χ4n) is 0.278. The molecule has 0 rings (SSSR count). The number of rotatable bonds is 4. The average molecular weight is 261 g/mol. The van der Waals surface area contributed by atoms with Crippen LogP contribution in [0.5, 0.6) is 0 Å². The Kier molecular flexibility index (Phi) is 5.22. The lowest BCUT2D eigenvalue weighted by Crippen LogP contribution is -2.32. The summed E-state index contributed by atoms with van der Waals surface area (Å²) in [5.74, 6) is -2.88. The first-order valence-electron chi connectivity index (χ1n) is 2.52. The second-order valence-electron chi connectivity index (χ2n) is 1.53. The van der Waals surface area contributed by atoms with E-state index >= 15 is 0 Å². The van der Waals surface area contributed by atoms with Crippen molar-refractivity contribution in [2.45, 2.75) is 5.38 Å². The largest absolute Gasteiger partial charge is 0.723 e. The Morgan fingerprint density at radius 1 is 1.58 bits per heavy atom. The van der Waals surface area contributed by atoms with Crippen LogP contribution in [0.4, 0.5) is 0 Å². The number of carbonyl (C=O) groups is 2. The molecule has 1 unspecified atom stereocenters. The molecule has 68 valence electrons. The second-order valence-corrected chi connectivity index (χ2v) is 2.34. The van der Waals surface area contributed by atoms with Crippen LogP contribution in [0.1, 0.15) is 0 Å². The van der Waals surface area contributed by atoms with Gasteiger partial charge in [0.2, 0.25) is 5.38 Å². The molecule has 0 spiro atoms. The van der Waals surface area contributed by atoms with Crippen LogP contribution in [0, 0.1) is 0 Å². The van der Waals surface area contributed by atoms with Crippen molar-refractivity contribution in [3.63, 3.8) is 0 Å². The van der Waals surface area contributed by atoms with Crippen LogP contribution in [0.25, 0.3) is 0 Å². The van der Waals surface area contributed by atoms with Crippen molar-refractivity contribution in [3.05, 3.63) is 0 Å². The summed E-state index contributed by atoms with van der Waals surface area (Å²) in [6.07, 6.45) is 0. The highest BCUT2D eigenvalue weighted by atomic mass is 79.9. The van der Waals surface area contributed by atoms with Gasteiger partial charge in [-0.25, -0.2) is 4.79 Å². The number of carboxylic acid groups (broad SMARTS) is 1. The zero-order chi connectivity index (χ0) is 9.72. The number of halogens is 2. The molecule has 0 aromatic heterocycles. The number of aliphatic carboxylic acids is 1. The standard InChI is InChI=1S/C3H3BBrClO6/c5-12-4(10)11-3(9)1(6)2(7)8/h1,10H,(H,7,8). The maximum Gasteiger partial charge on any atom is 0.723 e. The maximum absolute atomic E-state index is 10.6. The summed E-state index contributed by atoms with van der Waals surface area (Å²) in [6, 6.07) is 0. The fourth-order valence-corrected chi connectivity index (χ4v) is 0.406. The molecule has 0 heterocycles. The summed E-state index contributed by atoms with van der Waals surface area (Å²) >= 11 is 7.32. The third-order valence-electron chi connectivity index (χ3n) is 0.717.